The summed E-state index contributed by atoms with van der Waals surface area (Å²) in [7, 11) is 0. The molecule has 4 rings (SSSR count). The number of benzene rings is 1. The van der Waals surface area contributed by atoms with E-state index in [0.717, 1.165) is 29.5 Å². The van der Waals surface area contributed by atoms with Crippen LogP contribution in [0.3, 0.4) is 0 Å². The predicted molar refractivity (Wildman–Crippen MR) is 134 cm³/mol. The molecule has 3 heterocycles. The zero-order valence-corrected chi connectivity index (χ0v) is 20.4. The van der Waals surface area contributed by atoms with E-state index in [1.807, 2.05) is 62.0 Å². The van der Waals surface area contributed by atoms with E-state index in [9.17, 15) is 9.59 Å². The van der Waals surface area contributed by atoms with Crippen molar-refractivity contribution in [3.05, 3.63) is 66.1 Å². The molecule has 1 aliphatic rings. The SMILES string of the molecule is CC(C)(C)OC(=O)N1CCC(n2cc(-c3cnc(N)c(C(=O)NCc4ccccc4)c3)cn2)CC1. The average molecular weight is 477 g/mol. The summed E-state index contributed by atoms with van der Waals surface area (Å²) in [5, 5.41) is 7.44. The quantitative estimate of drug-likeness (QED) is 0.574. The number of pyridine rings is 1. The lowest BCUT2D eigenvalue weighted by molar-refractivity contribution is 0.0184. The largest absolute Gasteiger partial charge is 0.444 e. The van der Waals surface area contributed by atoms with Crippen molar-refractivity contribution in [2.24, 2.45) is 0 Å². The number of hydrogen-bond acceptors (Lipinski definition) is 6. The van der Waals surface area contributed by atoms with Gasteiger partial charge < -0.3 is 20.7 Å². The van der Waals surface area contributed by atoms with Crippen LogP contribution in [0.4, 0.5) is 10.6 Å². The van der Waals surface area contributed by atoms with Crippen LogP contribution in [0.15, 0.2) is 55.0 Å². The third kappa shape index (κ3) is 6.17. The number of nitrogens with one attached hydrogen (secondary N) is 1. The molecule has 1 aliphatic heterocycles. The van der Waals surface area contributed by atoms with Crippen molar-refractivity contribution in [2.75, 3.05) is 18.8 Å². The highest BCUT2D eigenvalue weighted by molar-refractivity contribution is 5.99. The maximum atomic E-state index is 12.8. The fourth-order valence-electron chi connectivity index (χ4n) is 4.01. The first-order chi connectivity index (χ1) is 16.7. The predicted octanol–water partition coefficient (Wildman–Crippen LogP) is 4.03. The van der Waals surface area contributed by atoms with Crippen LogP contribution in [0.25, 0.3) is 11.1 Å². The van der Waals surface area contributed by atoms with Crippen LogP contribution in [0.2, 0.25) is 0 Å². The number of amides is 2. The normalized spacial score (nSPS) is 14.5. The topological polar surface area (TPSA) is 115 Å². The Balaban J connectivity index is 1.40. The minimum Gasteiger partial charge on any atom is -0.444 e. The molecule has 3 aromatic rings. The van der Waals surface area contributed by atoms with E-state index in [0.29, 0.717) is 25.2 Å². The summed E-state index contributed by atoms with van der Waals surface area (Å²) in [6, 6.07) is 11.6. The van der Waals surface area contributed by atoms with Crippen molar-refractivity contribution in [3.8, 4) is 11.1 Å². The summed E-state index contributed by atoms with van der Waals surface area (Å²) in [6.07, 6.45) is 6.66. The van der Waals surface area contributed by atoms with Crippen LogP contribution in [-0.4, -0.2) is 50.4 Å². The molecule has 35 heavy (non-hydrogen) atoms. The summed E-state index contributed by atoms with van der Waals surface area (Å²) in [5.41, 5.74) is 8.44. The Hall–Kier alpha value is -3.88. The Morgan fingerprint density at radius 3 is 2.51 bits per heavy atom. The van der Waals surface area contributed by atoms with Gasteiger partial charge in [-0.15, -0.1) is 0 Å². The molecule has 1 saturated heterocycles. The second-order valence-electron chi connectivity index (χ2n) is 9.73. The van der Waals surface area contributed by atoms with E-state index < -0.39 is 5.60 Å². The fraction of sp³-hybridized carbons (Fsp3) is 0.385. The molecule has 9 heteroatoms. The monoisotopic (exact) mass is 476 g/mol. The fourth-order valence-corrected chi connectivity index (χ4v) is 4.01. The minimum atomic E-state index is -0.505. The smallest absolute Gasteiger partial charge is 0.410 e. The Bertz CT molecular complexity index is 1180. The number of likely N-dealkylation sites (tertiary alicyclic amines) is 1. The number of carbonyl (C=O) groups excluding carboxylic acids is 2. The van der Waals surface area contributed by atoms with Gasteiger partial charge in [0.05, 0.1) is 17.8 Å². The standard InChI is InChI=1S/C26H32N6O3/c1-26(2,3)35-25(34)31-11-9-21(10-12-31)32-17-20(16-30-32)19-13-22(23(27)28-15-19)24(33)29-14-18-7-5-4-6-8-18/h4-8,13,15-17,21H,9-12,14H2,1-3H3,(H2,27,28)(H,29,33). The molecular weight excluding hydrogens is 444 g/mol. The average Bonchev–Trinajstić information content (AvgIpc) is 3.33. The highest BCUT2D eigenvalue weighted by atomic mass is 16.6. The maximum Gasteiger partial charge on any atom is 0.410 e. The number of rotatable bonds is 5. The van der Waals surface area contributed by atoms with Crippen molar-refractivity contribution >= 4 is 17.8 Å². The molecule has 2 amide bonds. The molecule has 0 aliphatic carbocycles. The molecule has 0 saturated carbocycles. The second kappa shape index (κ2) is 10.2. The summed E-state index contributed by atoms with van der Waals surface area (Å²) in [5.74, 6) is -0.0937. The molecule has 3 N–H and O–H groups in total. The number of nitrogen functional groups attached to an aromatic ring is 1. The molecule has 0 unspecified atom stereocenters. The molecular formula is C26H32N6O3. The first-order valence-corrected chi connectivity index (χ1v) is 11.8. The van der Waals surface area contributed by atoms with Gasteiger partial charge in [-0.2, -0.15) is 5.10 Å². The lowest BCUT2D eigenvalue weighted by atomic mass is 10.1. The zero-order chi connectivity index (χ0) is 25.0. The van der Waals surface area contributed by atoms with Crippen molar-refractivity contribution < 1.29 is 14.3 Å². The molecule has 1 aromatic carbocycles. The molecule has 0 bridgehead atoms. The summed E-state index contributed by atoms with van der Waals surface area (Å²) < 4.78 is 7.40. The number of nitrogens with two attached hydrogens (primary N) is 1. The number of piperidine rings is 1. The van der Waals surface area contributed by atoms with Crippen molar-refractivity contribution in [3.63, 3.8) is 0 Å². The molecule has 184 valence electrons. The van der Waals surface area contributed by atoms with E-state index in [4.69, 9.17) is 10.5 Å². The van der Waals surface area contributed by atoms with E-state index >= 15 is 0 Å². The van der Waals surface area contributed by atoms with Gasteiger partial charge in [0.15, 0.2) is 0 Å². The highest BCUT2D eigenvalue weighted by Gasteiger charge is 2.28. The Labute approximate surface area is 205 Å². The summed E-state index contributed by atoms with van der Waals surface area (Å²) in [4.78, 5) is 31.1. The van der Waals surface area contributed by atoms with Crippen LogP contribution in [0.5, 0.6) is 0 Å². The Morgan fingerprint density at radius 1 is 1.11 bits per heavy atom. The maximum absolute atomic E-state index is 12.8. The highest BCUT2D eigenvalue weighted by Crippen LogP contribution is 2.27. The van der Waals surface area contributed by atoms with Gasteiger partial charge in [-0.3, -0.25) is 9.48 Å². The first-order valence-electron chi connectivity index (χ1n) is 11.8. The summed E-state index contributed by atoms with van der Waals surface area (Å²) in [6.45, 7) is 7.24. The molecule has 2 aromatic heterocycles. The lowest BCUT2D eigenvalue weighted by Gasteiger charge is -2.33. The van der Waals surface area contributed by atoms with Crippen molar-refractivity contribution in [2.45, 2.75) is 51.8 Å². The molecule has 1 fully saturated rings. The van der Waals surface area contributed by atoms with E-state index in [1.54, 1.807) is 23.4 Å². The van der Waals surface area contributed by atoms with Gasteiger partial charge in [0.2, 0.25) is 0 Å². The molecule has 0 atom stereocenters. The van der Waals surface area contributed by atoms with Crippen LogP contribution in [-0.2, 0) is 11.3 Å². The molecule has 0 spiro atoms. The number of aromatic nitrogens is 3. The van der Waals surface area contributed by atoms with Gasteiger partial charge in [0, 0.05) is 43.2 Å². The van der Waals surface area contributed by atoms with Gasteiger partial charge in [-0.1, -0.05) is 30.3 Å². The number of ether oxygens (including phenoxy) is 1. The van der Waals surface area contributed by atoms with E-state index in [-0.39, 0.29) is 23.9 Å². The van der Waals surface area contributed by atoms with E-state index in [1.165, 1.54) is 0 Å². The van der Waals surface area contributed by atoms with Crippen LogP contribution in [0, 0.1) is 0 Å². The van der Waals surface area contributed by atoms with Gasteiger partial charge in [-0.25, -0.2) is 9.78 Å². The van der Waals surface area contributed by atoms with Crippen LogP contribution in [0.1, 0.15) is 55.6 Å². The van der Waals surface area contributed by atoms with Crippen molar-refractivity contribution in [1.29, 1.82) is 0 Å². The van der Waals surface area contributed by atoms with Gasteiger partial charge in [-0.05, 0) is 45.2 Å². The Morgan fingerprint density at radius 2 is 1.83 bits per heavy atom. The van der Waals surface area contributed by atoms with Crippen LogP contribution < -0.4 is 11.1 Å². The van der Waals surface area contributed by atoms with E-state index in [2.05, 4.69) is 15.4 Å². The Kier molecular flexibility index (Phi) is 7.04. The number of anilines is 1. The third-order valence-corrected chi connectivity index (χ3v) is 5.88. The van der Waals surface area contributed by atoms with Crippen molar-refractivity contribution in [1.82, 2.24) is 25.0 Å². The molecule has 9 nitrogen and oxygen atoms in total. The van der Waals surface area contributed by atoms with Gasteiger partial charge in [0.1, 0.15) is 11.4 Å². The number of nitrogens with zero attached hydrogens (tertiary/aromatic N) is 4. The van der Waals surface area contributed by atoms with Gasteiger partial charge >= 0.3 is 6.09 Å². The van der Waals surface area contributed by atoms with Crippen LogP contribution >= 0.6 is 0 Å². The first kappa shape index (κ1) is 24.3. The minimum absolute atomic E-state index is 0.179. The third-order valence-electron chi connectivity index (χ3n) is 5.88. The molecule has 0 radical (unpaired) electrons. The second-order valence-corrected chi connectivity index (χ2v) is 9.73. The lowest BCUT2D eigenvalue weighted by Crippen LogP contribution is -2.42. The zero-order valence-electron chi connectivity index (χ0n) is 20.4. The summed E-state index contributed by atoms with van der Waals surface area (Å²) >= 11 is 0. The number of carbonyl (C=O) groups is 2. The van der Waals surface area contributed by atoms with Gasteiger partial charge in [0.25, 0.3) is 5.91 Å². The number of hydrogen-bond donors (Lipinski definition) is 2.